The minimum atomic E-state index is -3.42. The van der Waals surface area contributed by atoms with Crippen LogP contribution < -0.4 is 14.9 Å². The SMILES string of the molecule is O=C(CCc1ccc(S(=O)(=O)NC2CC2)cc1)NCCCCN1CCN(c2ccccc2)CC1. The summed E-state index contributed by atoms with van der Waals surface area (Å²) >= 11 is 0. The first kappa shape index (κ1) is 24.7. The Kier molecular flexibility index (Phi) is 8.59. The standard InChI is InChI=1S/C26H36N4O3S/c31-26(15-10-22-8-13-25(14-9-22)34(32,33)28-23-11-12-23)27-16-4-5-17-29-18-20-30(21-19-29)24-6-2-1-3-7-24/h1-3,6-9,13-14,23,28H,4-5,10-12,15-21H2,(H,27,31). The normalized spacial score (nSPS) is 17.0. The maximum absolute atomic E-state index is 12.2. The van der Waals surface area contributed by atoms with E-state index in [1.807, 2.05) is 0 Å². The molecule has 0 unspecified atom stereocenters. The molecule has 4 rings (SSSR count). The Morgan fingerprint density at radius 1 is 0.912 bits per heavy atom. The van der Waals surface area contributed by atoms with Crippen molar-refractivity contribution in [2.24, 2.45) is 0 Å². The Morgan fingerprint density at radius 2 is 1.62 bits per heavy atom. The molecule has 2 N–H and O–H groups in total. The number of amides is 1. The number of sulfonamides is 1. The van der Waals surface area contributed by atoms with E-state index in [1.54, 1.807) is 24.3 Å². The third-order valence-corrected chi connectivity index (χ3v) is 8.03. The molecule has 8 heteroatoms. The molecule has 34 heavy (non-hydrogen) atoms. The van der Waals surface area contributed by atoms with Crippen molar-refractivity contribution in [1.82, 2.24) is 14.9 Å². The van der Waals surface area contributed by atoms with Crippen LogP contribution >= 0.6 is 0 Å². The molecule has 2 aromatic carbocycles. The van der Waals surface area contributed by atoms with Crippen molar-refractivity contribution in [1.29, 1.82) is 0 Å². The minimum absolute atomic E-state index is 0.0450. The highest BCUT2D eigenvalue weighted by Gasteiger charge is 2.27. The molecule has 0 spiro atoms. The summed E-state index contributed by atoms with van der Waals surface area (Å²) in [6.45, 7) is 6.06. The maximum atomic E-state index is 12.2. The van der Waals surface area contributed by atoms with E-state index < -0.39 is 10.0 Å². The number of anilines is 1. The number of piperazine rings is 1. The van der Waals surface area contributed by atoms with Crippen LogP contribution in [0.5, 0.6) is 0 Å². The molecule has 7 nitrogen and oxygen atoms in total. The second kappa shape index (κ2) is 11.8. The molecule has 1 aliphatic heterocycles. The smallest absolute Gasteiger partial charge is 0.240 e. The molecule has 0 aromatic heterocycles. The first-order valence-corrected chi connectivity index (χ1v) is 13.9. The van der Waals surface area contributed by atoms with Crippen LogP contribution in [-0.2, 0) is 21.2 Å². The first-order valence-electron chi connectivity index (χ1n) is 12.4. The van der Waals surface area contributed by atoms with Gasteiger partial charge >= 0.3 is 0 Å². The highest BCUT2D eigenvalue weighted by atomic mass is 32.2. The number of para-hydroxylation sites is 1. The largest absolute Gasteiger partial charge is 0.369 e. The Hall–Kier alpha value is -2.42. The third kappa shape index (κ3) is 7.55. The van der Waals surface area contributed by atoms with Gasteiger partial charge in [0.05, 0.1) is 4.90 Å². The number of hydrogen-bond acceptors (Lipinski definition) is 5. The van der Waals surface area contributed by atoms with Crippen molar-refractivity contribution >= 4 is 21.6 Å². The highest BCUT2D eigenvalue weighted by Crippen LogP contribution is 2.22. The quantitative estimate of drug-likeness (QED) is 0.453. The van der Waals surface area contributed by atoms with E-state index in [0.29, 0.717) is 19.4 Å². The second-order valence-electron chi connectivity index (χ2n) is 9.26. The molecule has 2 aromatic rings. The van der Waals surface area contributed by atoms with Crippen LogP contribution in [0.25, 0.3) is 0 Å². The van der Waals surface area contributed by atoms with Gasteiger partial charge in [-0.3, -0.25) is 9.69 Å². The topological polar surface area (TPSA) is 81.7 Å². The average molecular weight is 485 g/mol. The Balaban J connectivity index is 1.06. The Bertz CT molecular complexity index is 1020. The zero-order valence-corrected chi connectivity index (χ0v) is 20.6. The second-order valence-corrected chi connectivity index (χ2v) is 11.0. The summed E-state index contributed by atoms with van der Waals surface area (Å²) in [4.78, 5) is 17.4. The third-order valence-electron chi connectivity index (χ3n) is 6.49. The van der Waals surface area contributed by atoms with Gasteiger partial charge in [-0.15, -0.1) is 0 Å². The fraction of sp³-hybridized carbons (Fsp3) is 0.500. The van der Waals surface area contributed by atoms with E-state index in [2.05, 4.69) is 50.2 Å². The van der Waals surface area contributed by atoms with Crippen LogP contribution in [0.15, 0.2) is 59.5 Å². The molecule has 184 valence electrons. The van der Waals surface area contributed by atoms with Crippen LogP contribution in [0.1, 0.15) is 37.7 Å². The van der Waals surface area contributed by atoms with Gasteiger partial charge in [-0.05, 0) is 68.5 Å². The molecule has 1 heterocycles. The molecule has 1 saturated carbocycles. The molecule has 2 fully saturated rings. The summed E-state index contributed by atoms with van der Waals surface area (Å²) in [5.41, 5.74) is 2.27. The van der Waals surface area contributed by atoms with Crippen molar-refractivity contribution in [2.75, 3.05) is 44.2 Å². The molecule has 1 amide bonds. The number of carbonyl (C=O) groups excluding carboxylic acids is 1. The number of unbranched alkanes of at least 4 members (excludes halogenated alkanes) is 1. The van der Waals surface area contributed by atoms with E-state index in [-0.39, 0.29) is 16.8 Å². The van der Waals surface area contributed by atoms with Gasteiger partial charge in [0.25, 0.3) is 0 Å². The minimum Gasteiger partial charge on any atom is -0.369 e. The zero-order valence-electron chi connectivity index (χ0n) is 19.8. The van der Waals surface area contributed by atoms with E-state index in [9.17, 15) is 13.2 Å². The molecular formula is C26H36N4O3S. The van der Waals surface area contributed by atoms with Gasteiger partial charge < -0.3 is 10.2 Å². The van der Waals surface area contributed by atoms with Gasteiger partial charge in [-0.1, -0.05) is 30.3 Å². The van der Waals surface area contributed by atoms with E-state index >= 15 is 0 Å². The lowest BCUT2D eigenvalue weighted by Crippen LogP contribution is -2.46. The van der Waals surface area contributed by atoms with Crippen molar-refractivity contribution < 1.29 is 13.2 Å². The highest BCUT2D eigenvalue weighted by molar-refractivity contribution is 7.89. The van der Waals surface area contributed by atoms with Gasteiger partial charge in [0.15, 0.2) is 0 Å². The van der Waals surface area contributed by atoms with E-state index in [4.69, 9.17) is 0 Å². The number of rotatable bonds is 12. The molecule has 1 saturated heterocycles. The Labute approximate surface area is 203 Å². The maximum Gasteiger partial charge on any atom is 0.240 e. The number of nitrogens with one attached hydrogen (secondary N) is 2. The molecule has 0 bridgehead atoms. The van der Waals surface area contributed by atoms with Crippen LogP contribution in [-0.4, -0.2) is 64.5 Å². The fourth-order valence-corrected chi connectivity index (χ4v) is 5.53. The summed E-state index contributed by atoms with van der Waals surface area (Å²) in [6.07, 6.45) is 4.90. The summed E-state index contributed by atoms with van der Waals surface area (Å²) < 4.78 is 27.1. The lowest BCUT2D eigenvalue weighted by molar-refractivity contribution is -0.121. The predicted octanol–water partition coefficient (Wildman–Crippen LogP) is 2.78. The Morgan fingerprint density at radius 3 is 2.29 bits per heavy atom. The fourth-order valence-electron chi connectivity index (χ4n) is 4.23. The van der Waals surface area contributed by atoms with Crippen LogP contribution in [0.2, 0.25) is 0 Å². The number of aryl methyl sites for hydroxylation is 1. The summed E-state index contributed by atoms with van der Waals surface area (Å²) in [5, 5.41) is 3.01. The summed E-state index contributed by atoms with van der Waals surface area (Å²) in [5.74, 6) is 0.0450. The molecule has 0 atom stereocenters. The van der Waals surface area contributed by atoms with Gasteiger partial charge in [0.2, 0.25) is 15.9 Å². The number of carbonyl (C=O) groups is 1. The predicted molar refractivity (Wildman–Crippen MR) is 135 cm³/mol. The van der Waals surface area contributed by atoms with Crippen molar-refractivity contribution in [3.63, 3.8) is 0 Å². The van der Waals surface area contributed by atoms with Crippen LogP contribution in [0, 0.1) is 0 Å². The van der Waals surface area contributed by atoms with Crippen molar-refractivity contribution in [2.45, 2.75) is 49.5 Å². The number of hydrogen-bond donors (Lipinski definition) is 2. The molecular weight excluding hydrogens is 448 g/mol. The van der Waals surface area contributed by atoms with Crippen molar-refractivity contribution in [3.8, 4) is 0 Å². The van der Waals surface area contributed by atoms with Gasteiger partial charge in [0.1, 0.15) is 0 Å². The van der Waals surface area contributed by atoms with Gasteiger partial charge in [0, 0.05) is 50.9 Å². The molecule has 0 radical (unpaired) electrons. The molecule has 2 aliphatic rings. The summed E-state index contributed by atoms with van der Waals surface area (Å²) in [6, 6.07) is 17.5. The van der Waals surface area contributed by atoms with E-state index in [1.165, 1.54) is 5.69 Å². The number of nitrogens with zero attached hydrogens (tertiary/aromatic N) is 2. The monoisotopic (exact) mass is 484 g/mol. The van der Waals surface area contributed by atoms with Gasteiger partial charge in [-0.2, -0.15) is 0 Å². The van der Waals surface area contributed by atoms with Gasteiger partial charge in [-0.25, -0.2) is 13.1 Å². The zero-order chi connectivity index (χ0) is 23.8. The first-order chi connectivity index (χ1) is 16.5. The lowest BCUT2D eigenvalue weighted by atomic mass is 10.1. The number of benzene rings is 2. The summed E-state index contributed by atoms with van der Waals surface area (Å²) in [7, 11) is -3.42. The van der Waals surface area contributed by atoms with Crippen molar-refractivity contribution in [3.05, 3.63) is 60.2 Å². The average Bonchev–Trinajstić information content (AvgIpc) is 3.67. The van der Waals surface area contributed by atoms with E-state index in [0.717, 1.165) is 64.0 Å². The van der Waals surface area contributed by atoms with Crippen LogP contribution in [0.3, 0.4) is 0 Å². The van der Waals surface area contributed by atoms with Crippen LogP contribution in [0.4, 0.5) is 5.69 Å². The molecule has 1 aliphatic carbocycles. The lowest BCUT2D eigenvalue weighted by Gasteiger charge is -2.36.